The topological polar surface area (TPSA) is 69.7 Å². The van der Waals surface area contributed by atoms with E-state index in [2.05, 4.69) is 10.2 Å². The lowest BCUT2D eigenvalue weighted by molar-refractivity contribution is -0.121. The van der Waals surface area contributed by atoms with Crippen LogP contribution in [0, 0.1) is 0 Å². The van der Waals surface area contributed by atoms with Crippen molar-refractivity contribution in [3.8, 4) is 0 Å². The zero-order valence-electron chi connectivity index (χ0n) is 15.7. The summed E-state index contributed by atoms with van der Waals surface area (Å²) in [4.78, 5) is 14.7. The third-order valence-electron chi connectivity index (χ3n) is 4.97. The van der Waals surface area contributed by atoms with Gasteiger partial charge in [0.15, 0.2) is 0 Å². The van der Waals surface area contributed by atoms with E-state index >= 15 is 0 Å². The van der Waals surface area contributed by atoms with E-state index in [9.17, 15) is 13.2 Å². The van der Waals surface area contributed by atoms with Crippen LogP contribution in [0.2, 0.25) is 0 Å². The number of likely N-dealkylation sites (tertiary alicyclic amines) is 1. The molecule has 2 aromatic rings. The van der Waals surface area contributed by atoms with E-state index in [1.807, 2.05) is 24.3 Å². The molecule has 1 fully saturated rings. The summed E-state index contributed by atoms with van der Waals surface area (Å²) in [6, 6.07) is 12.6. The van der Waals surface area contributed by atoms with Crippen LogP contribution in [0.1, 0.15) is 19.3 Å². The average molecular weight is 390 g/mol. The van der Waals surface area contributed by atoms with Gasteiger partial charge in [-0.1, -0.05) is 30.3 Å². The highest BCUT2D eigenvalue weighted by Gasteiger charge is 2.23. The number of amides is 1. The molecule has 1 aliphatic rings. The summed E-state index contributed by atoms with van der Waals surface area (Å²) in [6.45, 7) is 3.64. The zero-order valence-corrected chi connectivity index (χ0v) is 16.5. The lowest BCUT2D eigenvalue weighted by atomic mass is 10.1. The van der Waals surface area contributed by atoms with Gasteiger partial charge in [0.1, 0.15) is 0 Å². The average Bonchev–Trinajstić information content (AvgIpc) is 3.18. The quantitative estimate of drug-likeness (QED) is 0.702. The fraction of sp³-hybridized carbons (Fsp3) is 0.450. The molecule has 6 nitrogen and oxygen atoms in total. The van der Waals surface area contributed by atoms with Crippen LogP contribution in [0.3, 0.4) is 0 Å². The highest BCUT2D eigenvalue weighted by Crippen LogP contribution is 2.21. The highest BCUT2D eigenvalue weighted by atomic mass is 32.2. The molecule has 146 valence electrons. The fourth-order valence-electron chi connectivity index (χ4n) is 3.39. The molecule has 0 atom stereocenters. The van der Waals surface area contributed by atoms with Crippen LogP contribution in [0.5, 0.6) is 0 Å². The molecular weight excluding hydrogens is 362 g/mol. The minimum atomic E-state index is -3.70. The van der Waals surface area contributed by atoms with E-state index in [-0.39, 0.29) is 17.3 Å². The minimum Gasteiger partial charge on any atom is -0.355 e. The first-order valence-corrected chi connectivity index (χ1v) is 10.8. The maximum absolute atomic E-state index is 12.8. The van der Waals surface area contributed by atoms with Crippen molar-refractivity contribution in [2.24, 2.45) is 0 Å². The summed E-state index contributed by atoms with van der Waals surface area (Å²) in [7, 11) is -2.27. The highest BCUT2D eigenvalue weighted by molar-refractivity contribution is 7.89. The van der Waals surface area contributed by atoms with Gasteiger partial charge in [-0.3, -0.25) is 4.79 Å². The van der Waals surface area contributed by atoms with Crippen molar-refractivity contribution in [3.05, 3.63) is 42.5 Å². The summed E-state index contributed by atoms with van der Waals surface area (Å²) in [5, 5.41) is 4.66. The SMILES string of the molecule is CN(CC(=O)NCCCN1CCCC1)S(=O)(=O)c1ccc2ccccc2c1. The molecular formula is C20H27N3O3S. The molecule has 1 saturated heterocycles. The van der Waals surface area contributed by atoms with E-state index in [0.717, 1.165) is 41.1 Å². The maximum Gasteiger partial charge on any atom is 0.243 e. The molecule has 0 radical (unpaired) electrons. The first kappa shape index (κ1) is 19.8. The van der Waals surface area contributed by atoms with Crippen LogP contribution < -0.4 is 5.32 Å². The molecule has 7 heteroatoms. The Bertz CT molecular complexity index is 892. The molecule has 0 spiro atoms. The molecule has 1 aliphatic heterocycles. The smallest absolute Gasteiger partial charge is 0.243 e. The molecule has 0 bridgehead atoms. The Kier molecular flexibility index (Phi) is 6.46. The second-order valence-corrected chi connectivity index (χ2v) is 9.07. The van der Waals surface area contributed by atoms with Crippen molar-refractivity contribution in [1.29, 1.82) is 0 Å². The summed E-state index contributed by atoms with van der Waals surface area (Å²) in [5.74, 6) is -0.275. The second-order valence-electron chi connectivity index (χ2n) is 7.02. The lowest BCUT2D eigenvalue weighted by Crippen LogP contribution is -2.39. The Labute approximate surface area is 161 Å². The number of rotatable bonds is 8. The van der Waals surface area contributed by atoms with Crippen LogP contribution in [0.4, 0.5) is 0 Å². The van der Waals surface area contributed by atoms with Gasteiger partial charge >= 0.3 is 0 Å². The van der Waals surface area contributed by atoms with Crippen molar-refractivity contribution in [2.45, 2.75) is 24.2 Å². The van der Waals surface area contributed by atoms with Gasteiger partial charge in [0.05, 0.1) is 11.4 Å². The maximum atomic E-state index is 12.8. The predicted octanol–water partition coefficient (Wildman–Crippen LogP) is 2.06. The van der Waals surface area contributed by atoms with Gasteiger partial charge in [-0.2, -0.15) is 4.31 Å². The van der Waals surface area contributed by atoms with E-state index < -0.39 is 10.0 Å². The molecule has 0 saturated carbocycles. The number of hydrogen-bond donors (Lipinski definition) is 1. The number of likely N-dealkylation sites (N-methyl/N-ethyl adjacent to an activating group) is 1. The monoisotopic (exact) mass is 389 g/mol. The van der Waals surface area contributed by atoms with E-state index in [1.165, 1.54) is 19.9 Å². The van der Waals surface area contributed by atoms with Gasteiger partial charge < -0.3 is 10.2 Å². The van der Waals surface area contributed by atoms with Gasteiger partial charge in [0.2, 0.25) is 15.9 Å². The number of nitrogens with zero attached hydrogens (tertiary/aromatic N) is 2. The summed E-state index contributed by atoms with van der Waals surface area (Å²) < 4.78 is 26.6. The minimum absolute atomic E-state index is 0.182. The van der Waals surface area contributed by atoms with Crippen molar-refractivity contribution < 1.29 is 13.2 Å². The van der Waals surface area contributed by atoms with Gasteiger partial charge in [0, 0.05) is 13.6 Å². The fourth-order valence-corrected chi connectivity index (χ4v) is 4.55. The predicted molar refractivity (Wildman–Crippen MR) is 107 cm³/mol. The number of nitrogens with one attached hydrogen (secondary N) is 1. The van der Waals surface area contributed by atoms with Crippen LogP contribution >= 0.6 is 0 Å². The van der Waals surface area contributed by atoms with Gasteiger partial charge in [-0.05, 0) is 61.8 Å². The zero-order chi connectivity index (χ0) is 19.3. The van der Waals surface area contributed by atoms with E-state index in [1.54, 1.807) is 18.2 Å². The van der Waals surface area contributed by atoms with E-state index in [4.69, 9.17) is 0 Å². The lowest BCUT2D eigenvalue weighted by Gasteiger charge is -2.18. The first-order valence-electron chi connectivity index (χ1n) is 9.41. The van der Waals surface area contributed by atoms with Crippen molar-refractivity contribution in [3.63, 3.8) is 0 Å². The van der Waals surface area contributed by atoms with Crippen LogP contribution in [-0.4, -0.2) is 63.3 Å². The van der Waals surface area contributed by atoms with Crippen LogP contribution in [0.25, 0.3) is 10.8 Å². The molecule has 27 heavy (non-hydrogen) atoms. The van der Waals surface area contributed by atoms with Crippen molar-refractivity contribution in [1.82, 2.24) is 14.5 Å². The summed E-state index contributed by atoms with van der Waals surface area (Å²) >= 11 is 0. The normalized spacial score (nSPS) is 15.5. The van der Waals surface area contributed by atoms with Crippen molar-refractivity contribution >= 4 is 26.7 Å². The Hall–Kier alpha value is -1.96. The summed E-state index contributed by atoms with van der Waals surface area (Å²) in [6.07, 6.45) is 3.39. The van der Waals surface area contributed by atoms with Gasteiger partial charge in [0.25, 0.3) is 0 Å². The van der Waals surface area contributed by atoms with Gasteiger partial charge in [-0.25, -0.2) is 8.42 Å². The first-order chi connectivity index (χ1) is 13.0. The molecule has 3 rings (SSSR count). The molecule has 1 heterocycles. The number of benzene rings is 2. The van der Waals surface area contributed by atoms with Crippen LogP contribution in [-0.2, 0) is 14.8 Å². The van der Waals surface area contributed by atoms with Gasteiger partial charge in [-0.15, -0.1) is 0 Å². The Morgan fingerprint density at radius 1 is 1.11 bits per heavy atom. The Morgan fingerprint density at radius 2 is 1.81 bits per heavy atom. The molecule has 0 aromatic heterocycles. The molecule has 1 amide bonds. The molecule has 0 aliphatic carbocycles. The van der Waals surface area contributed by atoms with E-state index in [0.29, 0.717) is 6.54 Å². The largest absolute Gasteiger partial charge is 0.355 e. The standard InChI is InChI=1S/C20H27N3O3S/c1-22(16-20(24)21-11-6-14-23-12-4-5-13-23)27(25,26)19-10-9-17-7-2-3-8-18(17)15-19/h2-3,7-10,15H,4-6,11-14,16H2,1H3,(H,21,24). The number of hydrogen-bond acceptors (Lipinski definition) is 4. The number of fused-ring (bicyclic) bond motifs is 1. The molecule has 2 aromatic carbocycles. The number of sulfonamides is 1. The second kappa shape index (κ2) is 8.82. The molecule has 1 N–H and O–H groups in total. The molecule has 0 unspecified atom stereocenters. The third kappa shape index (κ3) is 5.06. The number of carbonyl (C=O) groups is 1. The summed E-state index contributed by atoms with van der Waals surface area (Å²) in [5.41, 5.74) is 0. The third-order valence-corrected chi connectivity index (χ3v) is 6.77. The number of carbonyl (C=O) groups excluding carboxylic acids is 1. The Morgan fingerprint density at radius 3 is 2.56 bits per heavy atom. The van der Waals surface area contributed by atoms with Crippen LogP contribution in [0.15, 0.2) is 47.4 Å². The Balaban J connectivity index is 1.53. The van der Waals surface area contributed by atoms with Crippen molar-refractivity contribution in [2.75, 3.05) is 39.8 Å².